The van der Waals surface area contributed by atoms with Gasteiger partial charge in [0.05, 0.1) is 30.8 Å². The van der Waals surface area contributed by atoms with Gasteiger partial charge in [-0.2, -0.15) is 5.10 Å². The maximum absolute atomic E-state index is 11.2. The van der Waals surface area contributed by atoms with Gasteiger partial charge in [0.15, 0.2) is 17.3 Å². The minimum atomic E-state index is -0.943. The molecule has 1 aromatic carbocycles. The molecule has 0 spiro atoms. The van der Waals surface area contributed by atoms with Crippen molar-refractivity contribution in [2.24, 2.45) is 0 Å². The van der Waals surface area contributed by atoms with Gasteiger partial charge < -0.3 is 14.6 Å². The van der Waals surface area contributed by atoms with Crippen molar-refractivity contribution in [3.8, 4) is 17.3 Å². The zero-order valence-electron chi connectivity index (χ0n) is 18.7. The fraction of sp³-hybridized carbons (Fsp3) is 0.348. The molecule has 0 saturated carbocycles. The zero-order chi connectivity index (χ0) is 24.0. The second kappa shape index (κ2) is 10.6. The van der Waals surface area contributed by atoms with Crippen molar-refractivity contribution in [3.05, 3.63) is 69.7 Å². The van der Waals surface area contributed by atoms with Crippen molar-refractivity contribution in [3.63, 3.8) is 0 Å². The number of benzene rings is 1. The molecule has 0 fully saturated rings. The molecule has 10 nitrogen and oxygen atoms in total. The molecule has 0 aliphatic heterocycles. The van der Waals surface area contributed by atoms with E-state index >= 15 is 0 Å². The monoisotopic (exact) mass is 454 g/mol. The number of carboxylic acid groups (broad SMARTS) is 1. The molecule has 3 rings (SSSR count). The highest BCUT2D eigenvalue weighted by Crippen LogP contribution is 2.32. The maximum Gasteiger partial charge on any atom is 0.307 e. The van der Waals surface area contributed by atoms with Gasteiger partial charge in [-0.3, -0.25) is 14.9 Å². The molecule has 1 N–H and O–H groups in total. The number of carbonyl (C=O) groups is 1. The summed E-state index contributed by atoms with van der Waals surface area (Å²) in [4.78, 5) is 25.7. The van der Waals surface area contributed by atoms with Crippen LogP contribution in [0, 0.1) is 10.1 Å². The lowest BCUT2D eigenvalue weighted by atomic mass is 10.0. The lowest BCUT2D eigenvalue weighted by molar-refractivity contribution is -0.385. The highest BCUT2D eigenvalue weighted by molar-refractivity contribution is 5.72. The summed E-state index contributed by atoms with van der Waals surface area (Å²) in [5.74, 6) is 0.668. The zero-order valence-corrected chi connectivity index (χ0v) is 18.7. The molecule has 0 radical (unpaired) electrons. The summed E-state index contributed by atoms with van der Waals surface area (Å²) >= 11 is 0. The quantitative estimate of drug-likeness (QED) is 0.262. The highest BCUT2D eigenvalue weighted by atomic mass is 16.6. The number of aromatic nitrogens is 3. The Kier molecular flexibility index (Phi) is 7.60. The van der Waals surface area contributed by atoms with Gasteiger partial charge in [0.1, 0.15) is 6.20 Å². The summed E-state index contributed by atoms with van der Waals surface area (Å²) in [6.07, 6.45) is 4.29. The van der Waals surface area contributed by atoms with Crippen molar-refractivity contribution in [1.29, 1.82) is 0 Å². The molecular weight excluding hydrogens is 428 g/mol. The van der Waals surface area contributed by atoms with E-state index in [0.717, 1.165) is 11.3 Å². The summed E-state index contributed by atoms with van der Waals surface area (Å²) < 4.78 is 12.9. The van der Waals surface area contributed by atoms with Gasteiger partial charge in [-0.05, 0) is 36.5 Å². The molecule has 10 heteroatoms. The molecule has 0 atom stereocenters. The first kappa shape index (κ1) is 23.7. The Morgan fingerprint density at radius 1 is 1.24 bits per heavy atom. The second-order valence-corrected chi connectivity index (χ2v) is 7.74. The first-order chi connectivity index (χ1) is 15.8. The van der Waals surface area contributed by atoms with Crippen LogP contribution in [0.1, 0.15) is 43.0 Å². The summed E-state index contributed by atoms with van der Waals surface area (Å²) in [5, 5.41) is 24.6. The Labute approximate surface area is 190 Å². The van der Waals surface area contributed by atoms with E-state index in [-0.39, 0.29) is 18.0 Å². The van der Waals surface area contributed by atoms with Gasteiger partial charge in [0.2, 0.25) is 0 Å². The van der Waals surface area contributed by atoms with Crippen LogP contribution in [-0.4, -0.2) is 44.5 Å². The van der Waals surface area contributed by atoms with Gasteiger partial charge in [-0.25, -0.2) is 9.67 Å². The van der Waals surface area contributed by atoms with E-state index in [2.05, 4.69) is 10.1 Å². The van der Waals surface area contributed by atoms with Crippen LogP contribution >= 0.6 is 0 Å². The Balaban J connectivity index is 1.71. The maximum atomic E-state index is 11.2. The van der Waals surface area contributed by atoms with Crippen LogP contribution in [-0.2, 0) is 17.6 Å². The van der Waals surface area contributed by atoms with Crippen molar-refractivity contribution in [1.82, 2.24) is 14.8 Å². The predicted octanol–water partition coefficient (Wildman–Crippen LogP) is 3.95. The lowest BCUT2D eigenvalue weighted by Crippen LogP contribution is -2.07. The summed E-state index contributed by atoms with van der Waals surface area (Å²) in [7, 11) is 1.52. The average molecular weight is 454 g/mol. The van der Waals surface area contributed by atoms with E-state index < -0.39 is 10.9 Å². The van der Waals surface area contributed by atoms with E-state index in [1.165, 1.54) is 19.4 Å². The standard InChI is InChI=1S/C23H26N4O6/c1-15(2)22-17(14-26(25-22)20-10-9-18(13-24-20)27(30)31)7-5-11-33-23-16(12-21(28)29)6-4-8-19(23)32-3/h4,6,8-10,13-15H,5,7,11-12H2,1-3H3,(H,28,29). The number of para-hydroxylation sites is 1. The SMILES string of the molecule is COc1cccc(CC(=O)O)c1OCCCc1cn(-c2ccc([N+](=O)[O-])cn2)nc1C(C)C. The van der Waals surface area contributed by atoms with Crippen LogP contribution < -0.4 is 9.47 Å². The highest BCUT2D eigenvalue weighted by Gasteiger charge is 2.16. The normalized spacial score (nSPS) is 10.9. The van der Waals surface area contributed by atoms with Gasteiger partial charge in [-0.1, -0.05) is 26.0 Å². The van der Waals surface area contributed by atoms with Crippen LogP contribution in [0.25, 0.3) is 5.82 Å². The first-order valence-corrected chi connectivity index (χ1v) is 10.5. The van der Waals surface area contributed by atoms with Gasteiger partial charge >= 0.3 is 5.97 Å². The number of rotatable bonds is 11. The molecule has 33 heavy (non-hydrogen) atoms. The third kappa shape index (κ3) is 5.85. The third-order valence-electron chi connectivity index (χ3n) is 5.01. The fourth-order valence-electron chi connectivity index (χ4n) is 3.47. The Hall–Kier alpha value is -3.95. The van der Waals surface area contributed by atoms with Gasteiger partial charge in [0.25, 0.3) is 5.69 Å². The number of hydrogen-bond acceptors (Lipinski definition) is 7. The topological polar surface area (TPSA) is 130 Å². The molecule has 0 saturated heterocycles. The number of aliphatic carboxylic acids is 1. The molecule has 0 aliphatic rings. The molecule has 0 bridgehead atoms. The van der Waals surface area contributed by atoms with Crippen molar-refractivity contribution < 1.29 is 24.3 Å². The largest absolute Gasteiger partial charge is 0.493 e. The van der Waals surface area contributed by atoms with E-state index in [0.29, 0.717) is 42.3 Å². The summed E-state index contributed by atoms with van der Waals surface area (Å²) in [6.45, 7) is 4.46. The minimum absolute atomic E-state index is 0.0778. The molecule has 0 aliphatic carbocycles. The van der Waals surface area contributed by atoms with Crippen LogP contribution in [0.4, 0.5) is 5.69 Å². The number of carboxylic acids is 1. The number of aryl methyl sites for hydroxylation is 1. The molecule has 0 amide bonds. The van der Waals surface area contributed by atoms with Crippen LogP contribution in [0.15, 0.2) is 42.7 Å². The molecule has 2 heterocycles. The second-order valence-electron chi connectivity index (χ2n) is 7.74. The number of nitro groups is 1. The Morgan fingerprint density at radius 3 is 2.64 bits per heavy atom. The number of methoxy groups -OCH3 is 1. The van der Waals surface area contributed by atoms with E-state index in [4.69, 9.17) is 14.6 Å². The van der Waals surface area contributed by atoms with E-state index in [9.17, 15) is 14.9 Å². The first-order valence-electron chi connectivity index (χ1n) is 10.5. The lowest BCUT2D eigenvalue weighted by Gasteiger charge is -2.14. The third-order valence-corrected chi connectivity index (χ3v) is 5.01. The van der Waals surface area contributed by atoms with Crippen molar-refractivity contribution >= 4 is 11.7 Å². The molecule has 2 aromatic heterocycles. The number of nitrogens with zero attached hydrogens (tertiary/aromatic N) is 4. The van der Waals surface area contributed by atoms with Crippen LogP contribution in [0.5, 0.6) is 11.5 Å². The van der Waals surface area contributed by atoms with Crippen molar-refractivity contribution in [2.45, 2.75) is 39.0 Å². The molecule has 3 aromatic rings. The van der Waals surface area contributed by atoms with E-state index in [1.807, 2.05) is 20.0 Å². The minimum Gasteiger partial charge on any atom is -0.493 e. The smallest absolute Gasteiger partial charge is 0.307 e. The van der Waals surface area contributed by atoms with Crippen LogP contribution in [0.2, 0.25) is 0 Å². The average Bonchev–Trinajstić information content (AvgIpc) is 3.21. The van der Waals surface area contributed by atoms with Crippen molar-refractivity contribution in [2.75, 3.05) is 13.7 Å². The number of hydrogen-bond donors (Lipinski definition) is 1. The summed E-state index contributed by atoms with van der Waals surface area (Å²) in [5.41, 5.74) is 2.42. The van der Waals surface area contributed by atoms with Gasteiger partial charge in [0, 0.05) is 17.8 Å². The molecular formula is C23H26N4O6. The van der Waals surface area contributed by atoms with E-state index in [1.54, 1.807) is 28.9 Å². The molecule has 174 valence electrons. The fourth-order valence-corrected chi connectivity index (χ4v) is 3.47. The Morgan fingerprint density at radius 2 is 2.03 bits per heavy atom. The number of pyridine rings is 1. The molecule has 0 unspecified atom stereocenters. The number of ether oxygens (including phenoxy) is 2. The Bertz CT molecular complexity index is 1120. The predicted molar refractivity (Wildman–Crippen MR) is 120 cm³/mol. The van der Waals surface area contributed by atoms with Gasteiger partial charge in [-0.15, -0.1) is 0 Å². The van der Waals surface area contributed by atoms with Crippen LogP contribution in [0.3, 0.4) is 0 Å². The summed E-state index contributed by atoms with van der Waals surface area (Å²) in [6, 6.07) is 8.14.